The molecule has 1 aromatic carbocycles. The van der Waals surface area contributed by atoms with Crippen molar-refractivity contribution in [2.24, 2.45) is 0 Å². The molecule has 0 aromatic heterocycles. The first-order valence-corrected chi connectivity index (χ1v) is 5.41. The summed E-state index contributed by atoms with van der Waals surface area (Å²) >= 11 is 0. The highest BCUT2D eigenvalue weighted by molar-refractivity contribution is 5.73. The Labute approximate surface area is 94.3 Å². The van der Waals surface area contributed by atoms with Gasteiger partial charge in [-0.1, -0.05) is 12.1 Å². The fourth-order valence-corrected chi connectivity index (χ4v) is 1.98. The number of rotatable bonds is 1. The summed E-state index contributed by atoms with van der Waals surface area (Å²) in [6, 6.07) is 6.55. The van der Waals surface area contributed by atoms with Crippen LogP contribution in [-0.2, 0) is 4.79 Å². The molecule has 0 bridgehead atoms. The lowest BCUT2D eigenvalue weighted by Crippen LogP contribution is -2.47. The van der Waals surface area contributed by atoms with Gasteiger partial charge in [-0.2, -0.15) is 0 Å². The van der Waals surface area contributed by atoms with Crippen LogP contribution >= 0.6 is 0 Å². The Morgan fingerprint density at radius 2 is 2.38 bits per heavy atom. The smallest absolute Gasteiger partial charge is 0.219 e. The maximum absolute atomic E-state index is 13.1. The minimum Gasteiger partial charge on any atom is -0.340 e. The first-order chi connectivity index (χ1) is 7.66. The number of piperazine rings is 1. The number of hydrogen-bond donors (Lipinski definition) is 1. The van der Waals surface area contributed by atoms with Gasteiger partial charge >= 0.3 is 0 Å². The molecular weight excluding hydrogens is 207 g/mol. The number of benzene rings is 1. The summed E-state index contributed by atoms with van der Waals surface area (Å²) in [5.41, 5.74) is 0.894. The van der Waals surface area contributed by atoms with E-state index in [4.69, 9.17) is 0 Å². The van der Waals surface area contributed by atoms with Crippen molar-refractivity contribution in [3.05, 3.63) is 35.6 Å². The standard InChI is InChI=1S/C12H15FN2O/c1-9(16)15-6-5-14-12(8-15)10-3-2-4-11(13)7-10/h2-4,7,12,14H,5-6,8H2,1H3. The molecule has 16 heavy (non-hydrogen) atoms. The first kappa shape index (κ1) is 11.1. The van der Waals surface area contributed by atoms with Crippen LogP contribution in [0.2, 0.25) is 0 Å². The Balaban J connectivity index is 2.12. The van der Waals surface area contributed by atoms with Crippen LogP contribution in [0.3, 0.4) is 0 Å². The Hall–Kier alpha value is -1.42. The van der Waals surface area contributed by atoms with E-state index >= 15 is 0 Å². The topological polar surface area (TPSA) is 32.3 Å². The van der Waals surface area contributed by atoms with Crippen molar-refractivity contribution in [1.82, 2.24) is 10.2 Å². The van der Waals surface area contributed by atoms with Crippen molar-refractivity contribution in [3.63, 3.8) is 0 Å². The Morgan fingerprint density at radius 1 is 1.56 bits per heavy atom. The lowest BCUT2D eigenvalue weighted by Gasteiger charge is -2.33. The molecule has 86 valence electrons. The molecule has 1 aliphatic heterocycles. The number of halogens is 1. The second-order valence-electron chi connectivity index (χ2n) is 4.03. The molecule has 1 unspecified atom stereocenters. The second-order valence-corrected chi connectivity index (χ2v) is 4.03. The zero-order valence-electron chi connectivity index (χ0n) is 9.24. The monoisotopic (exact) mass is 222 g/mol. The van der Waals surface area contributed by atoms with Gasteiger partial charge in [0, 0.05) is 26.6 Å². The number of carbonyl (C=O) groups is 1. The highest BCUT2D eigenvalue weighted by Gasteiger charge is 2.22. The minimum atomic E-state index is -0.237. The largest absolute Gasteiger partial charge is 0.340 e. The molecule has 1 fully saturated rings. The molecule has 1 aliphatic rings. The second kappa shape index (κ2) is 4.61. The van der Waals surface area contributed by atoms with Gasteiger partial charge in [-0.3, -0.25) is 4.79 Å². The van der Waals surface area contributed by atoms with Crippen LogP contribution in [0.4, 0.5) is 4.39 Å². The van der Waals surface area contributed by atoms with Gasteiger partial charge < -0.3 is 10.2 Å². The highest BCUT2D eigenvalue weighted by Crippen LogP contribution is 2.18. The van der Waals surface area contributed by atoms with Crippen molar-refractivity contribution >= 4 is 5.91 Å². The predicted molar refractivity (Wildman–Crippen MR) is 59.4 cm³/mol. The quantitative estimate of drug-likeness (QED) is 0.777. The van der Waals surface area contributed by atoms with E-state index in [-0.39, 0.29) is 17.8 Å². The van der Waals surface area contributed by atoms with Gasteiger partial charge in [-0.15, -0.1) is 0 Å². The van der Waals surface area contributed by atoms with Crippen LogP contribution in [0.5, 0.6) is 0 Å². The molecule has 3 nitrogen and oxygen atoms in total. The molecule has 1 amide bonds. The van der Waals surface area contributed by atoms with Gasteiger partial charge in [0.1, 0.15) is 5.82 Å². The molecular formula is C12H15FN2O. The van der Waals surface area contributed by atoms with E-state index in [9.17, 15) is 9.18 Å². The van der Waals surface area contributed by atoms with Gasteiger partial charge in [-0.25, -0.2) is 4.39 Å². The van der Waals surface area contributed by atoms with E-state index in [0.717, 1.165) is 18.7 Å². The van der Waals surface area contributed by atoms with Gasteiger partial charge in [0.15, 0.2) is 0 Å². The summed E-state index contributed by atoms with van der Waals surface area (Å²) in [5.74, 6) is -0.165. The number of carbonyl (C=O) groups excluding carboxylic acids is 1. The number of hydrogen-bond acceptors (Lipinski definition) is 2. The SMILES string of the molecule is CC(=O)N1CCNC(c2cccc(F)c2)C1. The molecule has 2 rings (SSSR count). The van der Waals surface area contributed by atoms with Crippen molar-refractivity contribution in [2.75, 3.05) is 19.6 Å². The van der Waals surface area contributed by atoms with E-state index < -0.39 is 0 Å². The van der Waals surface area contributed by atoms with Crippen LogP contribution in [0.15, 0.2) is 24.3 Å². The average molecular weight is 222 g/mol. The van der Waals surface area contributed by atoms with E-state index in [1.807, 2.05) is 6.07 Å². The lowest BCUT2D eigenvalue weighted by atomic mass is 10.0. The first-order valence-electron chi connectivity index (χ1n) is 5.41. The van der Waals surface area contributed by atoms with Gasteiger partial charge in [0.2, 0.25) is 5.91 Å². The third kappa shape index (κ3) is 2.39. The maximum Gasteiger partial charge on any atom is 0.219 e. The zero-order valence-corrected chi connectivity index (χ0v) is 9.24. The van der Waals surface area contributed by atoms with Gasteiger partial charge in [0.05, 0.1) is 6.04 Å². The van der Waals surface area contributed by atoms with E-state index in [1.165, 1.54) is 12.1 Å². The average Bonchev–Trinajstić information content (AvgIpc) is 2.29. The molecule has 0 radical (unpaired) electrons. The Bertz CT molecular complexity index is 394. The van der Waals surface area contributed by atoms with Crippen molar-refractivity contribution in [2.45, 2.75) is 13.0 Å². The number of amides is 1. The molecule has 0 spiro atoms. The molecule has 0 aliphatic carbocycles. The molecule has 1 heterocycles. The molecule has 1 atom stereocenters. The summed E-state index contributed by atoms with van der Waals surface area (Å²) in [6.07, 6.45) is 0. The highest BCUT2D eigenvalue weighted by atomic mass is 19.1. The van der Waals surface area contributed by atoms with Gasteiger partial charge in [0.25, 0.3) is 0 Å². The van der Waals surface area contributed by atoms with Crippen LogP contribution in [0, 0.1) is 5.82 Å². The van der Waals surface area contributed by atoms with E-state index in [1.54, 1.807) is 17.9 Å². The Morgan fingerprint density at radius 3 is 3.06 bits per heavy atom. The summed E-state index contributed by atoms with van der Waals surface area (Å²) in [5, 5.41) is 3.29. The fourth-order valence-electron chi connectivity index (χ4n) is 1.98. The zero-order chi connectivity index (χ0) is 11.5. The summed E-state index contributed by atoms with van der Waals surface area (Å²) in [7, 11) is 0. The van der Waals surface area contributed by atoms with Crippen LogP contribution in [-0.4, -0.2) is 30.4 Å². The molecule has 0 saturated carbocycles. The normalized spacial score (nSPS) is 20.9. The van der Waals surface area contributed by atoms with Crippen LogP contribution in [0.25, 0.3) is 0 Å². The molecule has 1 aromatic rings. The third-order valence-corrected chi connectivity index (χ3v) is 2.87. The molecule has 4 heteroatoms. The summed E-state index contributed by atoms with van der Waals surface area (Å²) in [4.78, 5) is 13.1. The van der Waals surface area contributed by atoms with Crippen molar-refractivity contribution in [3.8, 4) is 0 Å². The Kier molecular flexibility index (Phi) is 3.19. The van der Waals surface area contributed by atoms with Gasteiger partial charge in [-0.05, 0) is 17.7 Å². The third-order valence-electron chi connectivity index (χ3n) is 2.87. The van der Waals surface area contributed by atoms with E-state index in [0.29, 0.717) is 6.54 Å². The molecule has 1 N–H and O–H groups in total. The maximum atomic E-state index is 13.1. The predicted octanol–water partition coefficient (Wildman–Crippen LogP) is 1.32. The lowest BCUT2D eigenvalue weighted by molar-refractivity contribution is -0.130. The molecule has 1 saturated heterocycles. The fraction of sp³-hybridized carbons (Fsp3) is 0.417. The van der Waals surface area contributed by atoms with E-state index in [2.05, 4.69) is 5.32 Å². The van der Waals surface area contributed by atoms with Crippen LogP contribution < -0.4 is 5.32 Å². The number of nitrogens with zero attached hydrogens (tertiary/aromatic N) is 1. The summed E-state index contributed by atoms with van der Waals surface area (Å²) in [6.45, 7) is 3.65. The van der Waals surface area contributed by atoms with Crippen molar-refractivity contribution < 1.29 is 9.18 Å². The van der Waals surface area contributed by atoms with Crippen molar-refractivity contribution in [1.29, 1.82) is 0 Å². The number of nitrogens with one attached hydrogen (secondary N) is 1. The van der Waals surface area contributed by atoms with Crippen LogP contribution in [0.1, 0.15) is 18.5 Å². The minimum absolute atomic E-state index is 0.0355. The summed E-state index contributed by atoms with van der Waals surface area (Å²) < 4.78 is 13.1.